The molecule has 2 amide bonds. The van der Waals surface area contributed by atoms with Crippen molar-refractivity contribution in [3.8, 4) is 5.75 Å². The van der Waals surface area contributed by atoms with Crippen LogP contribution in [0.4, 0.5) is 10.1 Å². The molecule has 0 aromatic heterocycles. The van der Waals surface area contributed by atoms with Crippen LogP contribution in [0.2, 0.25) is 0 Å². The summed E-state index contributed by atoms with van der Waals surface area (Å²) < 4.78 is 47.2. The van der Waals surface area contributed by atoms with E-state index in [9.17, 15) is 22.4 Å². The molecule has 3 aromatic rings. The number of anilines is 1. The van der Waals surface area contributed by atoms with E-state index >= 15 is 0 Å². The summed E-state index contributed by atoms with van der Waals surface area (Å²) in [5, 5.41) is 2.59. The van der Waals surface area contributed by atoms with Gasteiger partial charge in [0.1, 0.15) is 24.2 Å². The number of amides is 2. The van der Waals surface area contributed by atoms with Crippen molar-refractivity contribution in [2.45, 2.75) is 37.8 Å². The molecule has 0 spiro atoms. The minimum Gasteiger partial charge on any atom is -0.497 e. The number of benzene rings is 3. The molecule has 3 rings (SSSR count). The van der Waals surface area contributed by atoms with E-state index < -0.39 is 34.3 Å². The number of nitrogens with one attached hydrogen (secondary N) is 1. The SMILES string of the molecule is CCC(C(=O)NC)N(Cc1ccc(C)cc1)C(=O)CN(c1ccc(F)cc1)S(=O)(=O)c1ccc(OC)cc1. The second-order valence-electron chi connectivity index (χ2n) is 8.71. The fraction of sp³-hybridized carbons (Fsp3) is 0.286. The van der Waals surface area contributed by atoms with Gasteiger partial charge in [-0.25, -0.2) is 12.8 Å². The molecule has 3 aromatic carbocycles. The summed E-state index contributed by atoms with van der Waals surface area (Å²) in [7, 11) is -1.30. The van der Waals surface area contributed by atoms with Crippen molar-refractivity contribution < 1.29 is 27.1 Å². The number of rotatable bonds is 11. The van der Waals surface area contributed by atoms with Crippen LogP contribution in [0.5, 0.6) is 5.75 Å². The van der Waals surface area contributed by atoms with Crippen LogP contribution in [-0.4, -0.2) is 51.9 Å². The van der Waals surface area contributed by atoms with Crippen molar-refractivity contribution in [1.82, 2.24) is 10.2 Å². The van der Waals surface area contributed by atoms with Gasteiger partial charge in [-0.1, -0.05) is 36.8 Å². The maximum absolute atomic E-state index is 13.8. The van der Waals surface area contributed by atoms with Crippen molar-refractivity contribution in [1.29, 1.82) is 0 Å². The van der Waals surface area contributed by atoms with E-state index in [-0.39, 0.29) is 23.0 Å². The van der Waals surface area contributed by atoms with Crippen molar-refractivity contribution in [3.63, 3.8) is 0 Å². The molecule has 0 radical (unpaired) electrons. The van der Waals surface area contributed by atoms with E-state index in [2.05, 4.69) is 5.32 Å². The molecule has 0 saturated carbocycles. The zero-order valence-electron chi connectivity index (χ0n) is 21.8. The molecule has 1 N–H and O–H groups in total. The second-order valence-corrected chi connectivity index (χ2v) is 10.6. The van der Waals surface area contributed by atoms with Crippen molar-refractivity contribution >= 4 is 27.5 Å². The Kier molecular flexibility index (Phi) is 9.46. The van der Waals surface area contributed by atoms with Gasteiger partial charge in [-0.15, -0.1) is 0 Å². The third kappa shape index (κ3) is 6.69. The molecule has 8 nitrogen and oxygen atoms in total. The molecule has 0 saturated heterocycles. The Morgan fingerprint density at radius 2 is 1.58 bits per heavy atom. The maximum Gasteiger partial charge on any atom is 0.264 e. The standard InChI is InChI=1S/C28H32FN3O5S/c1-5-26(28(34)30-3)31(18-21-8-6-20(2)7-9-21)27(33)19-32(23-12-10-22(29)11-13-23)38(35,36)25-16-14-24(37-4)15-17-25/h6-17,26H,5,18-19H2,1-4H3,(H,30,34). The minimum atomic E-state index is -4.25. The molecule has 38 heavy (non-hydrogen) atoms. The fourth-order valence-electron chi connectivity index (χ4n) is 3.99. The van der Waals surface area contributed by atoms with E-state index in [1.165, 1.54) is 55.5 Å². The van der Waals surface area contributed by atoms with Crippen LogP contribution in [0.25, 0.3) is 0 Å². The Bertz CT molecular complexity index is 1340. The number of likely N-dealkylation sites (N-methyl/N-ethyl adjacent to an activating group) is 1. The van der Waals surface area contributed by atoms with E-state index in [4.69, 9.17) is 4.74 Å². The molecule has 0 aliphatic carbocycles. The third-order valence-corrected chi connectivity index (χ3v) is 7.93. The normalized spacial score (nSPS) is 11.9. The van der Waals surface area contributed by atoms with Gasteiger partial charge in [0, 0.05) is 13.6 Å². The van der Waals surface area contributed by atoms with E-state index in [0.717, 1.165) is 27.6 Å². The molecule has 0 bridgehead atoms. The summed E-state index contributed by atoms with van der Waals surface area (Å²) in [5.41, 5.74) is 1.94. The van der Waals surface area contributed by atoms with Crippen LogP contribution in [0, 0.1) is 12.7 Å². The maximum atomic E-state index is 13.8. The number of sulfonamides is 1. The van der Waals surface area contributed by atoms with Crippen molar-refractivity contribution in [2.24, 2.45) is 0 Å². The number of aryl methyl sites for hydroxylation is 1. The molecular weight excluding hydrogens is 509 g/mol. The van der Waals surface area contributed by atoms with Gasteiger partial charge < -0.3 is 15.0 Å². The first-order valence-corrected chi connectivity index (χ1v) is 13.5. The Labute approximate surface area is 223 Å². The molecule has 10 heteroatoms. The molecule has 1 atom stereocenters. The summed E-state index contributed by atoms with van der Waals surface area (Å²) in [6, 6.07) is 17.3. The molecular formula is C28H32FN3O5S. The van der Waals surface area contributed by atoms with Gasteiger partial charge in [0.15, 0.2) is 0 Å². The highest BCUT2D eigenvalue weighted by Crippen LogP contribution is 2.26. The highest BCUT2D eigenvalue weighted by atomic mass is 32.2. The van der Waals surface area contributed by atoms with Gasteiger partial charge in [-0.3, -0.25) is 13.9 Å². The molecule has 0 aliphatic heterocycles. The van der Waals surface area contributed by atoms with Gasteiger partial charge in [-0.05, 0) is 67.4 Å². The fourth-order valence-corrected chi connectivity index (χ4v) is 5.40. The van der Waals surface area contributed by atoms with Gasteiger partial charge in [0.05, 0.1) is 17.7 Å². The first kappa shape index (κ1) is 28.6. The van der Waals surface area contributed by atoms with Crippen LogP contribution in [0.1, 0.15) is 24.5 Å². The summed E-state index contributed by atoms with van der Waals surface area (Å²) in [5.74, 6) is -1.02. The van der Waals surface area contributed by atoms with Crippen LogP contribution < -0.4 is 14.4 Å². The van der Waals surface area contributed by atoms with Crippen LogP contribution in [0.3, 0.4) is 0 Å². The Balaban J connectivity index is 2.04. The Hall–Kier alpha value is -3.92. The van der Waals surface area contributed by atoms with Gasteiger partial charge >= 0.3 is 0 Å². The highest BCUT2D eigenvalue weighted by Gasteiger charge is 2.33. The van der Waals surface area contributed by atoms with E-state index in [0.29, 0.717) is 12.2 Å². The first-order chi connectivity index (χ1) is 18.1. The third-order valence-electron chi connectivity index (χ3n) is 6.15. The largest absolute Gasteiger partial charge is 0.497 e. The Morgan fingerprint density at radius 1 is 0.974 bits per heavy atom. The number of halogens is 1. The van der Waals surface area contributed by atoms with Crippen molar-refractivity contribution in [3.05, 3.63) is 89.7 Å². The Morgan fingerprint density at radius 3 is 2.11 bits per heavy atom. The van der Waals surface area contributed by atoms with Crippen LogP contribution in [-0.2, 0) is 26.2 Å². The van der Waals surface area contributed by atoms with Crippen LogP contribution >= 0.6 is 0 Å². The lowest BCUT2D eigenvalue weighted by molar-refractivity contribution is -0.140. The summed E-state index contributed by atoms with van der Waals surface area (Å²) >= 11 is 0. The predicted molar refractivity (Wildman–Crippen MR) is 144 cm³/mol. The second kappa shape index (κ2) is 12.6. The lowest BCUT2D eigenvalue weighted by Crippen LogP contribution is -2.51. The lowest BCUT2D eigenvalue weighted by Gasteiger charge is -2.33. The topological polar surface area (TPSA) is 96.0 Å². The lowest BCUT2D eigenvalue weighted by atomic mass is 10.1. The average molecular weight is 542 g/mol. The summed E-state index contributed by atoms with van der Waals surface area (Å²) in [6.45, 7) is 3.22. The number of hydrogen-bond acceptors (Lipinski definition) is 5. The van der Waals surface area contributed by atoms with Crippen molar-refractivity contribution in [2.75, 3.05) is 25.0 Å². The molecule has 202 valence electrons. The number of nitrogens with zero attached hydrogens (tertiary/aromatic N) is 2. The molecule has 0 heterocycles. The highest BCUT2D eigenvalue weighted by molar-refractivity contribution is 7.92. The quantitative estimate of drug-likeness (QED) is 0.397. The zero-order chi connectivity index (χ0) is 27.9. The number of carbonyl (C=O) groups excluding carboxylic acids is 2. The number of carbonyl (C=O) groups is 2. The monoisotopic (exact) mass is 541 g/mol. The summed E-state index contributed by atoms with van der Waals surface area (Å²) in [4.78, 5) is 27.8. The van der Waals surface area contributed by atoms with Gasteiger partial charge in [0.2, 0.25) is 11.8 Å². The zero-order valence-corrected chi connectivity index (χ0v) is 22.7. The molecule has 0 fully saturated rings. The summed E-state index contributed by atoms with van der Waals surface area (Å²) in [6.07, 6.45) is 0.319. The van der Waals surface area contributed by atoms with Gasteiger partial charge in [0.25, 0.3) is 10.0 Å². The molecule has 0 aliphatic rings. The van der Waals surface area contributed by atoms with Gasteiger partial charge in [-0.2, -0.15) is 0 Å². The number of ether oxygens (including phenoxy) is 1. The number of methoxy groups -OCH3 is 1. The average Bonchev–Trinajstić information content (AvgIpc) is 2.92. The predicted octanol–water partition coefficient (Wildman–Crippen LogP) is 3.89. The van der Waals surface area contributed by atoms with E-state index in [1.807, 2.05) is 31.2 Å². The first-order valence-electron chi connectivity index (χ1n) is 12.1. The van der Waals surface area contributed by atoms with Crippen LogP contribution in [0.15, 0.2) is 77.7 Å². The smallest absolute Gasteiger partial charge is 0.264 e. The molecule has 1 unspecified atom stereocenters. The minimum absolute atomic E-state index is 0.0705. The number of hydrogen-bond donors (Lipinski definition) is 1. The van der Waals surface area contributed by atoms with E-state index in [1.54, 1.807) is 6.92 Å².